The van der Waals surface area contributed by atoms with E-state index in [1.165, 1.54) is 11.3 Å². The molecule has 0 spiro atoms. The minimum absolute atomic E-state index is 0.274. The molecule has 2 heterocycles. The number of methoxy groups -OCH3 is 1. The number of thiophene rings is 1. The summed E-state index contributed by atoms with van der Waals surface area (Å²) in [5.41, 5.74) is -0.981. The maximum atomic E-state index is 10.6. The molecule has 0 radical (unpaired) electrons. The van der Waals surface area contributed by atoms with Crippen molar-refractivity contribution in [3.63, 3.8) is 0 Å². The molecule has 2 aromatic heterocycles. The van der Waals surface area contributed by atoms with Gasteiger partial charge in [0.1, 0.15) is 11.4 Å². The zero-order valence-corrected chi connectivity index (χ0v) is 14.9. The Morgan fingerprint density at radius 2 is 2.17 bits per heavy atom. The first-order valence-electron chi connectivity index (χ1n) is 7.91. The number of guanidine groups is 1. The van der Waals surface area contributed by atoms with Crippen LogP contribution >= 0.6 is 11.3 Å². The molecule has 6 nitrogen and oxygen atoms in total. The largest absolute Gasteiger partial charge is 0.469 e. The Kier molecular flexibility index (Phi) is 7.30. The van der Waals surface area contributed by atoms with Crippen LogP contribution in [0.25, 0.3) is 0 Å². The third kappa shape index (κ3) is 5.99. The van der Waals surface area contributed by atoms with Gasteiger partial charge in [0.15, 0.2) is 5.96 Å². The van der Waals surface area contributed by atoms with Crippen molar-refractivity contribution in [3.8, 4) is 0 Å². The van der Waals surface area contributed by atoms with Gasteiger partial charge in [-0.05, 0) is 30.5 Å². The number of nitrogens with zero attached hydrogens (tertiary/aromatic N) is 1. The van der Waals surface area contributed by atoms with Crippen molar-refractivity contribution in [3.05, 3.63) is 46.5 Å². The van der Waals surface area contributed by atoms with Gasteiger partial charge in [0.25, 0.3) is 0 Å². The van der Waals surface area contributed by atoms with Gasteiger partial charge in [0.2, 0.25) is 0 Å². The molecule has 0 amide bonds. The van der Waals surface area contributed by atoms with Crippen molar-refractivity contribution < 1.29 is 14.3 Å². The zero-order valence-electron chi connectivity index (χ0n) is 14.1. The Morgan fingerprint density at radius 1 is 1.33 bits per heavy atom. The number of aliphatic imine (C=N–C) groups is 1. The predicted molar refractivity (Wildman–Crippen MR) is 96.5 cm³/mol. The normalized spacial score (nSPS) is 14.4. The van der Waals surface area contributed by atoms with Crippen LogP contribution in [0.3, 0.4) is 0 Å². The fraction of sp³-hybridized carbons (Fsp3) is 0.471. The molecule has 132 valence electrons. The second-order valence-electron chi connectivity index (χ2n) is 5.59. The number of aliphatic hydroxyl groups is 1. The van der Waals surface area contributed by atoms with Crippen molar-refractivity contribution in [2.75, 3.05) is 33.4 Å². The lowest BCUT2D eigenvalue weighted by atomic mass is 10.1. The van der Waals surface area contributed by atoms with E-state index in [1.54, 1.807) is 20.3 Å². The molecule has 7 heteroatoms. The van der Waals surface area contributed by atoms with Gasteiger partial charge in [-0.3, -0.25) is 0 Å². The quantitative estimate of drug-likeness (QED) is 0.366. The topological polar surface area (TPSA) is 79.0 Å². The molecule has 1 atom stereocenters. The van der Waals surface area contributed by atoms with Gasteiger partial charge in [0, 0.05) is 31.5 Å². The Morgan fingerprint density at radius 3 is 2.83 bits per heavy atom. The second-order valence-corrected chi connectivity index (χ2v) is 6.54. The van der Waals surface area contributed by atoms with E-state index in [-0.39, 0.29) is 6.54 Å². The van der Waals surface area contributed by atoms with E-state index in [0.29, 0.717) is 25.7 Å². The monoisotopic (exact) mass is 351 g/mol. The Hall–Kier alpha value is -1.83. The van der Waals surface area contributed by atoms with Crippen molar-refractivity contribution in [2.45, 2.75) is 18.9 Å². The Bertz CT molecular complexity index is 595. The highest BCUT2D eigenvalue weighted by molar-refractivity contribution is 7.10. The highest BCUT2D eigenvalue weighted by Gasteiger charge is 2.23. The average Bonchev–Trinajstić information content (AvgIpc) is 3.26. The smallest absolute Gasteiger partial charge is 0.191 e. The summed E-state index contributed by atoms with van der Waals surface area (Å²) in [4.78, 5) is 5.41. The molecule has 2 aromatic rings. The second kappa shape index (κ2) is 9.46. The Balaban J connectivity index is 1.90. The third-order valence-corrected chi connectivity index (χ3v) is 4.56. The number of hydrogen-bond acceptors (Lipinski definition) is 5. The molecular weight excluding hydrogens is 326 g/mol. The van der Waals surface area contributed by atoms with Crippen LogP contribution in [0, 0.1) is 0 Å². The third-order valence-electron chi connectivity index (χ3n) is 3.44. The van der Waals surface area contributed by atoms with Gasteiger partial charge in [-0.15, -0.1) is 11.3 Å². The summed E-state index contributed by atoms with van der Waals surface area (Å²) in [5, 5.41) is 19.0. The standard InChI is InChI=1S/C17H25N3O3S/c1-17(21,15-6-4-12-24-15)13-20-16(19-9-11-22-2)18-8-7-14-5-3-10-23-14/h3-6,10,12,21H,7-9,11,13H2,1-2H3,(H2,18,19,20). The van der Waals surface area contributed by atoms with Gasteiger partial charge in [-0.1, -0.05) is 6.07 Å². The lowest BCUT2D eigenvalue weighted by molar-refractivity contribution is 0.0711. The first-order chi connectivity index (χ1) is 11.6. The van der Waals surface area contributed by atoms with Gasteiger partial charge < -0.3 is 24.9 Å². The van der Waals surface area contributed by atoms with E-state index in [4.69, 9.17) is 9.15 Å². The molecule has 3 N–H and O–H groups in total. The molecule has 0 saturated heterocycles. The van der Waals surface area contributed by atoms with Crippen molar-refractivity contribution in [1.29, 1.82) is 0 Å². The highest BCUT2D eigenvalue weighted by Crippen LogP contribution is 2.25. The molecule has 2 rings (SSSR count). The summed E-state index contributed by atoms with van der Waals surface area (Å²) in [6.07, 6.45) is 2.43. The number of furan rings is 1. The van der Waals surface area contributed by atoms with Crippen LogP contribution in [0.2, 0.25) is 0 Å². The average molecular weight is 351 g/mol. The van der Waals surface area contributed by atoms with Crippen molar-refractivity contribution in [1.82, 2.24) is 10.6 Å². The SMILES string of the molecule is COCCNC(=NCC(C)(O)c1cccs1)NCCc1ccco1. The molecule has 0 aromatic carbocycles. The van der Waals surface area contributed by atoms with Gasteiger partial charge >= 0.3 is 0 Å². The minimum atomic E-state index is -0.981. The number of ether oxygens (including phenoxy) is 1. The summed E-state index contributed by atoms with van der Waals surface area (Å²) in [6, 6.07) is 7.66. The van der Waals surface area contributed by atoms with Gasteiger partial charge in [0.05, 0.1) is 19.4 Å². The molecule has 0 saturated carbocycles. The molecule has 0 fully saturated rings. The maximum absolute atomic E-state index is 10.6. The van der Waals surface area contributed by atoms with E-state index in [2.05, 4.69) is 15.6 Å². The van der Waals surface area contributed by atoms with E-state index >= 15 is 0 Å². The lowest BCUT2D eigenvalue weighted by Gasteiger charge is -2.20. The minimum Gasteiger partial charge on any atom is -0.469 e. The van der Waals surface area contributed by atoms with Crippen LogP contribution in [0.5, 0.6) is 0 Å². The van der Waals surface area contributed by atoms with E-state index in [9.17, 15) is 5.11 Å². The molecule has 1 unspecified atom stereocenters. The molecule has 24 heavy (non-hydrogen) atoms. The summed E-state index contributed by atoms with van der Waals surface area (Å²) >= 11 is 1.53. The van der Waals surface area contributed by atoms with Crippen molar-refractivity contribution >= 4 is 17.3 Å². The number of nitrogens with one attached hydrogen (secondary N) is 2. The lowest BCUT2D eigenvalue weighted by Crippen LogP contribution is -2.41. The van der Waals surface area contributed by atoms with Crippen LogP contribution in [0.1, 0.15) is 17.6 Å². The summed E-state index contributed by atoms with van der Waals surface area (Å²) in [5.74, 6) is 1.57. The molecule has 0 aliphatic rings. The summed E-state index contributed by atoms with van der Waals surface area (Å²) < 4.78 is 10.4. The van der Waals surface area contributed by atoms with Crippen LogP contribution in [0.4, 0.5) is 0 Å². The molecular formula is C17H25N3O3S. The summed E-state index contributed by atoms with van der Waals surface area (Å²) in [6.45, 7) is 3.96. The van der Waals surface area contributed by atoms with Crippen LogP contribution in [-0.4, -0.2) is 44.4 Å². The molecule has 0 aliphatic heterocycles. The fourth-order valence-electron chi connectivity index (χ4n) is 2.10. The van der Waals surface area contributed by atoms with Crippen LogP contribution < -0.4 is 10.6 Å². The predicted octanol–water partition coefficient (Wildman–Crippen LogP) is 1.97. The van der Waals surface area contributed by atoms with E-state index < -0.39 is 5.60 Å². The fourth-order valence-corrected chi connectivity index (χ4v) is 2.88. The maximum Gasteiger partial charge on any atom is 0.191 e. The van der Waals surface area contributed by atoms with Crippen molar-refractivity contribution in [2.24, 2.45) is 4.99 Å². The van der Waals surface area contributed by atoms with Gasteiger partial charge in [-0.2, -0.15) is 0 Å². The highest BCUT2D eigenvalue weighted by atomic mass is 32.1. The first kappa shape index (κ1) is 18.5. The molecule has 0 aliphatic carbocycles. The van der Waals surface area contributed by atoms with Crippen LogP contribution in [0.15, 0.2) is 45.3 Å². The van der Waals surface area contributed by atoms with Crippen LogP contribution in [-0.2, 0) is 16.8 Å². The van der Waals surface area contributed by atoms with E-state index in [1.807, 2.05) is 29.6 Å². The number of rotatable bonds is 9. The Labute approximate surface area is 146 Å². The summed E-state index contributed by atoms with van der Waals surface area (Å²) in [7, 11) is 1.66. The van der Waals surface area contributed by atoms with Gasteiger partial charge in [-0.25, -0.2) is 4.99 Å². The van der Waals surface area contributed by atoms with E-state index in [0.717, 1.165) is 17.1 Å². The first-order valence-corrected chi connectivity index (χ1v) is 8.79. The zero-order chi connectivity index (χ0) is 17.3. The molecule has 0 bridgehead atoms. The number of hydrogen-bond donors (Lipinski definition) is 3.